The number of halogens is 1. The normalized spacial score (nSPS) is 8.93. The second-order valence-corrected chi connectivity index (χ2v) is 2.54. The average molecular weight is 193 g/mol. The smallest absolute Gasteiger partial charge is 0.229 e. The van der Waals surface area contributed by atoms with Gasteiger partial charge in [0.1, 0.15) is 11.5 Å². The number of hydrogen-bond donors (Lipinski definition) is 2. The van der Waals surface area contributed by atoms with Crippen molar-refractivity contribution >= 4 is 11.6 Å². The van der Waals surface area contributed by atoms with Gasteiger partial charge in [-0.2, -0.15) is 0 Å². The molecule has 0 aliphatic rings. The number of amides is 1. The van der Waals surface area contributed by atoms with Gasteiger partial charge in [0.15, 0.2) is 0 Å². The van der Waals surface area contributed by atoms with Crippen molar-refractivity contribution < 1.29 is 9.18 Å². The summed E-state index contributed by atoms with van der Waals surface area (Å²) < 4.78 is 12.5. The SMILES string of the molecule is NC(=O)CC#Cc1ncc(F)cc1N. The van der Waals surface area contributed by atoms with Crippen LogP contribution < -0.4 is 11.5 Å². The molecule has 72 valence electrons. The molecule has 0 fully saturated rings. The molecule has 5 heteroatoms. The third-order valence-electron chi connectivity index (χ3n) is 1.35. The summed E-state index contributed by atoms with van der Waals surface area (Å²) in [5.74, 6) is 3.94. The highest BCUT2D eigenvalue weighted by atomic mass is 19.1. The first-order valence-electron chi connectivity index (χ1n) is 3.78. The summed E-state index contributed by atoms with van der Waals surface area (Å²) in [4.78, 5) is 14.0. The van der Waals surface area contributed by atoms with Crippen LogP contribution in [0.25, 0.3) is 0 Å². The molecule has 0 saturated carbocycles. The third kappa shape index (κ3) is 2.75. The van der Waals surface area contributed by atoms with Crippen LogP contribution in [0.1, 0.15) is 12.1 Å². The van der Waals surface area contributed by atoms with Crippen molar-refractivity contribution in [2.75, 3.05) is 5.73 Å². The van der Waals surface area contributed by atoms with E-state index in [0.717, 1.165) is 12.3 Å². The van der Waals surface area contributed by atoms with E-state index < -0.39 is 11.7 Å². The number of primary amides is 1. The van der Waals surface area contributed by atoms with Crippen LogP contribution in [0.3, 0.4) is 0 Å². The van der Waals surface area contributed by atoms with Crippen LogP contribution >= 0.6 is 0 Å². The highest BCUT2D eigenvalue weighted by molar-refractivity contribution is 5.76. The van der Waals surface area contributed by atoms with Gasteiger partial charge in [-0.05, 0) is 5.92 Å². The zero-order valence-electron chi connectivity index (χ0n) is 7.25. The minimum absolute atomic E-state index is 0.0709. The summed E-state index contributed by atoms with van der Waals surface area (Å²) in [6.07, 6.45) is 0.934. The maximum absolute atomic E-state index is 12.5. The minimum Gasteiger partial charge on any atom is -0.396 e. The number of anilines is 1. The van der Waals surface area contributed by atoms with Crippen molar-refractivity contribution in [1.82, 2.24) is 4.98 Å². The summed E-state index contributed by atoms with van der Waals surface area (Å²) in [6.45, 7) is 0. The first kappa shape index (κ1) is 9.99. The Labute approximate surface area is 80.1 Å². The van der Waals surface area contributed by atoms with Crippen LogP contribution in [0, 0.1) is 17.7 Å². The standard InChI is InChI=1S/C9H8FN3O/c10-6-4-7(11)8(13-5-6)2-1-3-9(12)14/h4-5H,3,11H2,(H2,12,14). The van der Waals surface area contributed by atoms with Gasteiger partial charge in [-0.1, -0.05) is 5.92 Å². The molecule has 0 unspecified atom stereocenters. The van der Waals surface area contributed by atoms with Crippen molar-refractivity contribution in [2.24, 2.45) is 5.73 Å². The number of carbonyl (C=O) groups excluding carboxylic acids is 1. The number of nitrogen functional groups attached to an aromatic ring is 1. The molecule has 0 radical (unpaired) electrons. The minimum atomic E-state index is -0.529. The second-order valence-electron chi connectivity index (χ2n) is 2.54. The van der Waals surface area contributed by atoms with Crippen molar-refractivity contribution in [2.45, 2.75) is 6.42 Å². The van der Waals surface area contributed by atoms with E-state index in [1.165, 1.54) is 0 Å². The molecule has 1 heterocycles. The van der Waals surface area contributed by atoms with Gasteiger partial charge >= 0.3 is 0 Å². The first-order chi connectivity index (χ1) is 6.59. The Balaban J connectivity index is 2.85. The predicted molar refractivity (Wildman–Crippen MR) is 49.3 cm³/mol. The van der Waals surface area contributed by atoms with Crippen molar-refractivity contribution in [3.05, 3.63) is 23.8 Å². The summed E-state index contributed by atoms with van der Waals surface area (Å²) in [6, 6.07) is 1.11. The maximum atomic E-state index is 12.5. The Bertz CT molecular complexity index is 420. The number of nitrogens with two attached hydrogens (primary N) is 2. The Kier molecular flexibility index (Phi) is 3.02. The lowest BCUT2D eigenvalue weighted by atomic mass is 10.3. The van der Waals surface area contributed by atoms with Gasteiger partial charge in [0.25, 0.3) is 0 Å². The zero-order chi connectivity index (χ0) is 10.6. The molecule has 0 spiro atoms. The Hall–Kier alpha value is -2.09. The van der Waals surface area contributed by atoms with Gasteiger partial charge in [0.05, 0.1) is 18.3 Å². The van der Waals surface area contributed by atoms with E-state index in [0.29, 0.717) is 0 Å². The zero-order valence-corrected chi connectivity index (χ0v) is 7.25. The molecule has 1 aromatic heterocycles. The fraction of sp³-hybridized carbons (Fsp3) is 0.111. The average Bonchev–Trinajstić information content (AvgIpc) is 2.08. The molecule has 1 rings (SSSR count). The van der Waals surface area contributed by atoms with E-state index in [1.807, 2.05) is 0 Å². The summed E-state index contributed by atoms with van der Waals surface area (Å²) in [5.41, 5.74) is 10.7. The molecule has 0 aliphatic heterocycles. The van der Waals surface area contributed by atoms with Gasteiger partial charge in [-0.3, -0.25) is 4.79 Å². The monoisotopic (exact) mass is 193 g/mol. The number of pyridine rings is 1. The van der Waals surface area contributed by atoms with Crippen LogP contribution in [-0.2, 0) is 4.79 Å². The van der Waals surface area contributed by atoms with E-state index in [2.05, 4.69) is 16.8 Å². The van der Waals surface area contributed by atoms with E-state index in [-0.39, 0.29) is 17.8 Å². The molecule has 1 amide bonds. The highest BCUT2D eigenvalue weighted by Crippen LogP contribution is 2.07. The summed E-state index contributed by atoms with van der Waals surface area (Å²) in [5, 5.41) is 0. The lowest BCUT2D eigenvalue weighted by Gasteiger charge is -1.95. The van der Waals surface area contributed by atoms with Crippen LogP contribution in [0.4, 0.5) is 10.1 Å². The molecule has 0 bridgehead atoms. The lowest BCUT2D eigenvalue weighted by Crippen LogP contribution is -2.08. The fourth-order valence-electron chi connectivity index (χ4n) is 0.774. The largest absolute Gasteiger partial charge is 0.396 e. The molecule has 0 aromatic carbocycles. The molecule has 14 heavy (non-hydrogen) atoms. The molecule has 0 saturated heterocycles. The Morgan fingerprint density at radius 1 is 1.64 bits per heavy atom. The van der Waals surface area contributed by atoms with Crippen LogP contribution in [-0.4, -0.2) is 10.9 Å². The van der Waals surface area contributed by atoms with Crippen molar-refractivity contribution in [1.29, 1.82) is 0 Å². The predicted octanol–water partition coefficient (Wildman–Crippen LogP) is 0.0298. The summed E-state index contributed by atoms with van der Waals surface area (Å²) >= 11 is 0. The van der Waals surface area contributed by atoms with Crippen LogP contribution in [0.5, 0.6) is 0 Å². The van der Waals surface area contributed by atoms with Crippen LogP contribution in [0.2, 0.25) is 0 Å². The van der Waals surface area contributed by atoms with E-state index in [4.69, 9.17) is 11.5 Å². The highest BCUT2D eigenvalue weighted by Gasteiger charge is 1.98. The van der Waals surface area contributed by atoms with E-state index >= 15 is 0 Å². The first-order valence-corrected chi connectivity index (χ1v) is 3.78. The number of aromatic nitrogens is 1. The third-order valence-corrected chi connectivity index (χ3v) is 1.35. The van der Waals surface area contributed by atoms with Gasteiger partial charge in [0, 0.05) is 6.07 Å². The molecule has 4 N–H and O–H groups in total. The number of nitrogens with zero attached hydrogens (tertiary/aromatic N) is 1. The van der Waals surface area contributed by atoms with Gasteiger partial charge < -0.3 is 11.5 Å². The quantitative estimate of drug-likeness (QED) is 0.617. The molecular weight excluding hydrogens is 185 g/mol. The Morgan fingerprint density at radius 3 is 2.93 bits per heavy atom. The maximum Gasteiger partial charge on any atom is 0.229 e. The second kappa shape index (κ2) is 4.23. The lowest BCUT2D eigenvalue weighted by molar-refractivity contribution is -0.117. The van der Waals surface area contributed by atoms with Crippen LogP contribution in [0.15, 0.2) is 12.3 Å². The molecule has 4 nitrogen and oxygen atoms in total. The van der Waals surface area contributed by atoms with Gasteiger partial charge in [-0.15, -0.1) is 0 Å². The molecular formula is C9H8FN3O. The topological polar surface area (TPSA) is 82.0 Å². The summed E-state index contributed by atoms with van der Waals surface area (Å²) in [7, 11) is 0. The molecule has 0 atom stereocenters. The van der Waals surface area contributed by atoms with Gasteiger partial charge in [-0.25, -0.2) is 9.37 Å². The van der Waals surface area contributed by atoms with E-state index in [1.54, 1.807) is 0 Å². The Morgan fingerprint density at radius 2 is 2.36 bits per heavy atom. The number of carbonyl (C=O) groups is 1. The molecule has 1 aromatic rings. The number of hydrogen-bond acceptors (Lipinski definition) is 3. The molecule has 0 aliphatic carbocycles. The fourth-order valence-corrected chi connectivity index (χ4v) is 0.774. The van der Waals surface area contributed by atoms with E-state index in [9.17, 15) is 9.18 Å². The van der Waals surface area contributed by atoms with Crippen molar-refractivity contribution in [3.63, 3.8) is 0 Å². The number of rotatable bonds is 1. The van der Waals surface area contributed by atoms with Crippen molar-refractivity contribution in [3.8, 4) is 11.8 Å². The van der Waals surface area contributed by atoms with Gasteiger partial charge in [0.2, 0.25) is 5.91 Å².